The number of hydrogen-bond donors (Lipinski definition) is 2. The van der Waals surface area contributed by atoms with Gasteiger partial charge >= 0.3 is 0 Å². The van der Waals surface area contributed by atoms with Crippen LogP contribution in [0.4, 0.5) is 5.82 Å². The predicted molar refractivity (Wildman–Crippen MR) is 79.7 cm³/mol. The molecule has 2 N–H and O–H groups in total. The average molecular weight is 279 g/mol. The van der Waals surface area contributed by atoms with E-state index in [9.17, 15) is 4.79 Å². The van der Waals surface area contributed by atoms with Crippen molar-refractivity contribution in [2.24, 2.45) is 5.92 Å². The van der Waals surface area contributed by atoms with Gasteiger partial charge in [-0.3, -0.25) is 9.69 Å². The van der Waals surface area contributed by atoms with Gasteiger partial charge in [-0.2, -0.15) is 5.10 Å². The van der Waals surface area contributed by atoms with Gasteiger partial charge in [0, 0.05) is 18.7 Å². The number of rotatable bonds is 6. The third-order valence-corrected chi connectivity index (χ3v) is 3.66. The Morgan fingerprint density at radius 1 is 1.55 bits per heavy atom. The van der Waals surface area contributed by atoms with Crippen molar-refractivity contribution in [3.8, 4) is 0 Å². The van der Waals surface area contributed by atoms with Gasteiger partial charge in [0.1, 0.15) is 5.82 Å². The normalized spacial score (nSPS) is 19.7. The van der Waals surface area contributed by atoms with Crippen LogP contribution in [0.5, 0.6) is 0 Å². The molecule has 1 unspecified atom stereocenters. The van der Waals surface area contributed by atoms with Crippen molar-refractivity contribution in [3.63, 3.8) is 0 Å². The molecule has 2 rings (SSSR count). The van der Waals surface area contributed by atoms with E-state index in [-0.39, 0.29) is 11.9 Å². The van der Waals surface area contributed by atoms with Gasteiger partial charge < -0.3 is 10.6 Å². The summed E-state index contributed by atoms with van der Waals surface area (Å²) in [6.07, 6.45) is 2.88. The van der Waals surface area contributed by atoms with E-state index >= 15 is 0 Å². The van der Waals surface area contributed by atoms with Gasteiger partial charge in [-0.15, -0.1) is 0 Å². The fourth-order valence-corrected chi connectivity index (χ4v) is 2.72. The fourth-order valence-electron chi connectivity index (χ4n) is 2.72. The smallest absolute Gasteiger partial charge is 0.239 e. The van der Waals surface area contributed by atoms with E-state index in [0.29, 0.717) is 12.5 Å². The number of amides is 1. The second-order valence-corrected chi connectivity index (χ2v) is 5.75. The molecule has 6 heteroatoms. The van der Waals surface area contributed by atoms with Gasteiger partial charge in [0.25, 0.3) is 0 Å². The number of nitrogens with one attached hydrogen (secondary N) is 2. The molecule has 1 fully saturated rings. The fraction of sp³-hybridized carbons (Fsp3) is 0.714. The van der Waals surface area contributed by atoms with Crippen LogP contribution in [0.1, 0.15) is 26.3 Å². The molecule has 1 aromatic heterocycles. The molecule has 0 aromatic carbocycles. The molecule has 1 aliphatic rings. The van der Waals surface area contributed by atoms with E-state index in [4.69, 9.17) is 0 Å². The van der Waals surface area contributed by atoms with Gasteiger partial charge in [0.15, 0.2) is 0 Å². The average Bonchev–Trinajstić information content (AvgIpc) is 2.99. The molecule has 0 radical (unpaired) electrons. The molecular weight excluding hydrogens is 254 g/mol. The van der Waals surface area contributed by atoms with Crippen molar-refractivity contribution in [3.05, 3.63) is 12.3 Å². The van der Waals surface area contributed by atoms with E-state index in [0.717, 1.165) is 31.9 Å². The molecule has 0 bridgehead atoms. The first-order valence-corrected chi connectivity index (χ1v) is 7.30. The Balaban J connectivity index is 1.82. The van der Waals surface area contributed by atoms with E-state index in [2.05, 4.69) is 20.6 Å². The molecule has 0 saturated carbocycles. The first kappa shape index (κ1) is 15.0. The second-order valence-electron chi connectivity index (χ2n) is 5.75. The lowest BCUT2D eigenvalue weighted by Crippen LogP contribution is -2.33. The van der Waals surface area contributed by atoms with E-state index in [1.165, 1.54) is 0 Å². The van der Waals surface area contributed by atoms with E-state index in [1.54, 1.807) is 6.20 Å². The standard InChI is InChI=1S/C14H25N5O/c1-11(2)19-13(4-6-16-19)17-14(20)10-18-7-5-12(9-18)8-15-3/h4,6,11-12,15H,5,7-10H2,1-3H3,(H,17,20). The van der Waals surface area contributed by atoms with Crippen LogP contribution in [0.15, 0.2) is 12.3 Å². The van der Waals surface area contributed by atoms with E-state index in [1.807, 2.05) is 31.6 Å². The first-order valence-electron chi connectivity index (χ1n) is 7.30. The number of likely N-dealkylation sites (tertiary alicyclic amines) is 1. The lowest BCUT2D eigenvalue weighted by atomic mass is 10.1. The Labute approximate surface area is 120 Å². The summed E-state index contributed by atoms with van der Waals surface area (Å²) in [7, 11) is 1.97. The van der Waals surface area contributed by atoms with Crippen LogP contribution >= 0.6 is 0 Å². The van der Waals surface area contributed by atoms with Crippen LogP contribution in [0, 0.1) is 5.92 Å². The Kier molecular flexibility index (Phi) is 5.14. The number of carbonyl (C=O) groups is 1. The lowest BCUT2D eigenvalue weighted by Gasteiger charge is -2.16. The van der Waals surface area contributed by atoms with Crippen molar-refractivity contribution in [2.45, 2.75) is 26.3 Å². The minimum Gasteiger partial charge on any atom is -0.319 e. The number of nitrogens with zero attached hydrogens (tertiary/aromatic N) is 3. The van der Waals surface area contributed by atoms with Crippen LogP contribution in [0.25, 0.3) is 0 Å². The molecule has 0 aliphatic carbocycles. The molecule has 1 aromatic rings. The lowest BCUT2D eigenvalue weighted by molar-refractivity contribution is -0.117. The highest BCUT2D eigenvalue weighted by atomic mass is 16.2. The van der Waals surface area contributed by atoms with Crippen molar-refractivity contribution >= 4 is 11.7 Å². The maximum atomic E-state index is 12.1. The molecule has 112 valence electrons. The zero-order valence-corrected chi connectivity index (χ0v) is 12.6. The van der Waals surface area contributed by atoms with Crippen molar-refractivity contribution < 1.29 is 4.79 Å². The van der Waals surface area contributed by atoms with Gasteiger partial charge in [-0.25, -0.2) is 4.68 Å². The molecule has 0 spiro atoms. The third-order valence-electron chi connectivity index (χ3n) is 3.66. The van der Waals surface area contributed by atoms with E-state index < -0.39 is 0 Å². The van der Waals surface area contributed by atoms with Crippen molar-refractivity contribution in [1.82, 2.24) is 20.0 Å². The monoisotopic (exact) mass is 279 g/mol. The SMILES string of the molecule is CNCC1CCN(CC(=O)Nc2ccnn2C(C)C)C1. The van der Waals surface area contributed by atoms with Crippen LogP contribution in [0.2, 0.25) is 0 Å². The van der Waals surface area contributed by atoms with Crippen LogP contribution in [0.3, 0.4) is 0 Å². The summed E-state index contributed by atoms with van der Waals surface area (Å²) in [5.74, 6) is 1.47. The summed E-state index contributed by atoms with van der Waals surface area (Å²) in [6.45, 7) is 7.58. The third kappa shape index (κ3) is 3.80. The molecule has 20 heavy (non-hydrogen) atoms. The largest absolute Gasteiger partial charge is 0.319 e. The zero-order chi connectivity index (χ0) is 14.5. The van der Waals surface area contributed by atoms with Gasteiger partial charge in [-0.1, -0.05) is 0 Å². The molecule has 6 nitrogen and oxygen atoms in total. The highest BCUT2D eigenvalue weighted by Crippen LogP contribution is 2.16. The summed E-state index contributed by atoms with van der Waals surface area (Å²) >= 11 is 0. The molecule has 1 amide bonds. The quantitative estimate of drug-likeness (QED) is 0.813. The van der Waals surface area contributed by atoms with Crippen LogP contribution in [-0.2, 0) is 4.79 Å². The van der Waals surface area contributed by atoms with Gasteiger partial charge in [-0.05, 0) is 46.3 Å². The second kappa shape index (κ2) is 6.85. The van der Waals surface area contributed by atoms with Gasteiger partial charge in [0.05, 0.1) is 12.7 Å². The number of anilines is 1. The predicted octanol–water partition coefficient (Wildman–Crippen LogP) is 0.944. The maximum Gasteiger partial charge on any atom is 0.239 e. The summed E-state index contributed by atoms with van der Waals surface area (Å²) in [4.78, 5) is 14.3. The Bertz CT molecular complexity index is 443. The first-order chi connectivity index (χ1) is 9.60. The summed E-state index contributed by atoms with van der Waals surface area (Å²) in [5, 5.41) is 10.4. The highest BCUT2D eigenvalue weighted by molar-refractivity contribution is 5.91. The molecular formula is C14H25N5O. The molecule has 1 atom stereocenters. The minimum absolute atomic E-state index is 0.0394. The highest BCUT2D eigenvalue weighted by Gasteiger charge is 2.23. The van der Waals surface area contributed by atoms with Crippen molar-refractivity contribution in [1.29, 1.82) is 0 Å². The van der Waals surface area contributed by atoms with Gasteiger partial charge in [0.2, 0.25) is 5.91 Å². The number of hydrogen-bond acceptors (Lipinski definition) is 4. The topological polar surface area (TPSA) is 62.2 Å². The summed E-state index contributed by atoms with van der Waals surface area (Å²) in [6, 6.07) is 2.08. The van der Waals surface area contributed by atoms with Crippen LogP contribution in [-0.4, -0.2) is 53.8 Å². The number of carbonyl (C=O) groups excluding carboxylic acids is 1. The summed E-state index contributed by atoms with van der Waals surface area (Å²) < 4.78 is 1.83. The molecule has 1 aliphatic heterocycles. The molecule has 2 heterocycles. The Morgan fingerprint density at radius 3 is 3.05 bits per heavy atom. The Hall–Kier alpha value is -1.40. The maximum absolute atomic E-state index is 12.1. The van der Waals surface area contributed by atoms with Crippen LogP contribution < -0.4 is 10.6 Å². The zero-order valence-electron chi connectivity index (χ0n) is 12.6. The van der Waals surface area contributed by atoms with Crippen molar-refractivity contribution in [2.75, 3.05) is 38.5 Å². The number of aromatic nitrogens is 2. The summed E-state index contributed by atoms with van der Waals surface area (Å²) in [5.41, 5.74) is 0. The minimum atomic E-state index is 0.0394. The Morgan fingerprint density at radius 2 is 2.35 bits per heavy atom. The molecule has 1 saturated heterocycles.